The molecule has 1 aliphatic rings. The number of rotatable bonds is 3. The normalized spacial score (nSPS) is 15.7. The highest BCUT2D eigenvalue weighted by atomic mass is 32.1. The van der Waals surface area contributed by atoms with Gasteiger partial charge < -0.3 is 10.1 Å². The number of ether oxygens (including phenoxy) is 1. The minimum absolute atomic E-state index is 0.174. The fourth-order valence-corrected chi connectivity index (χ4v) is 3.32. The summed E-state index contributed by atoms with van der Waals surface area (Å²) in [7, 11) is 1.32. The summed E-state index contributed by atoms with van der Waals surface area (Å²) in [5, 5.41) is 4.57. The molecule has 0 saturated carbocycles. The Morgan fingerprint density at radius 2 is 2.11 bits per heavy atom. The fraction of sp³-hybridized carbons (Fsp3) is 0.538. The molecule has 0 radical (unpaired) electrons. The van der Waals surface area contributed by atoms with Gasteiger partial charge in [0.15, 0.2) is 0 Å². The van der Waals surface area contributed by atoms with Crippen molar-refractivity contribution < 1.29 is 14.3 Å². The van der Waals surface area contributed by atoms with Gasteiger partial charge in [-0.25, -0.2) is 4.79 Å². The van der Waals surface area contributed by atoms with E-state index in [1.807, 2.05) is 5.38 Å². The van der Waals surface area contributed by atoms with E-state index < -0.39 is 12.0 Å². The molecule has 4 nitrogen and oxygen atoms in total. The minimum atomic E-state index is -0.610. The van der Waals surface area contributed by atoms with E-state index in [1.165, 1.54) is 24.0 Å². The lowest BCUT2D eigenvalue weighted by Gasteiger charge is -2.14. The van der Waals surface area contributed by atoms with Gasteiger partial charge in [0, 0.05) is 10.3 Å². The maximum absolute atomic E-state index is 12.1. The van der Waals surface area contributed by atoms with E-state index in [4.69, 9.17) is 0 Å². The van der Waals surface area contributed by atoms with Crippen LogP contribution >= 0.6 is 11.3 Å². The number of thiophene rings is 1. The molecule has 0 bridgehead atoms. The number of hydrogen-bond donors (Lipinski definition) is 1. The second-order valence-corrected chi connectivity index (χ2v) is 5.44. The molecule has 1 heterocycles. The van der Waals surface area contributed by atoms with Gasteiger partial charge in [0.1, 0.15) is 6.04 Å². The number of esters is 1. The SMILES string of the molecule is COC(=O)C(C)NC(=O)c1csc2c1CCCC2. The molecule has 1 N–H and O–H groups in total. The summed E-state index contributed by atoms with van der Waals surface area (Å²) in [5.74, 6) is -0.597. The first-order valence-corrected chi connectivity index (χ1v) is 6.99. The van der Waals surface area contributed by atoms with Crippen LogP contribution in [0.5, 0.6) is 0 Å². The quantitative estimate of drug-likeness (QED) is 0.851. The number of fused-ring (bicyclic) bond motifs is 1. The lowest BCUT2D eigenvalue weighted by Crippen LogP contribution is -2.39. The van der Waals surface area contributed by atoms with Crippen molar-refractivity contribution in [3.05, 3.63) is 21.4 Å². The molecule has 18 heavy (non-hydrogen) atoms. The van der Waals surface area contributed by atoms with Crippen molar-refractivity contribution in [1.29, 1.82) is 0 Å². The van der Waals surface area contributed by atoms with Gasteiger partial charge >= 0.3 is 5.97 Å². The molecule has 0 aliphatic heterocycles. The van der Waals surface area contributed by atoms with Crippen LogP contribution in [0.25, 0.3) is 0 Å². The molecule has 1 aromatic heterocycles. The molecule has 1 aliphatic carbocycles. The Kier molecular flexibility index (Phi) is 4.01. The second-order valence-electron chi connectivity index (χ2n) is 4.48. The summed E-state index contributed by atoms with van der Waals surface area (Å²) >= 11 is 1.64. The van der Waals surface area contributed by atoms with Gasteiger partial charge in [-0.1, -0.05) is 0 Å². The summed E-state index contributed by atoms with van der Waals surface area (Å²) < 4.78 is 4.59. The summed E-state index contributed by atoms with van der Waals surface area (Å²) in [5.41, 5.74) is 1.89. The van der Waals surface area contributed by atoms with Gasteiger partial charge in [-0.3, -0.25) is 4.79 Å². The van der Waals surface area contributed by atoms with Gasteiger partial charge in [-0.15, -0.1) is 11.3 Å². The Labute approximate surface area is 110 Å². The third kappa shape index (κ3) is 2.56. The number of carbonyl (C=O) groups excluding carboxylic acids is 2. The van der Waals surface area contributed by atoms with Crippen LogP contribution in [-0.2, 0) is 22.4 Å². The predicted molar refractivity (Wildman–Crippen MR) is 69.9 cm³/mol. The number of aryl methyl sites for hydroxylation is 1. The highest BCUT2D eigenvalue weighted by Crippen LogP contribution is 2.30. The molecular weight excluding hydrogens is 250 g/mol. The maximum atomic E-state index is 12.1. The van der Waals surface area contributed by atoms with Gasteiger partial charge in [-0.2, -0.15) is 0 Å². The summed E-state index contributed by atoms with van der Waals surface area (Å²) in [4.78, 5) is 24.7. The molecule has 0 spiro atoms. The highest BCUT2D eigenvalue weighted by molar-refractivity contribution is 7.10. The van der Waals surface area contributed by atoms with Crippen LogP contribution in [0.15, 0.2) is 5.38 Å². The molecule has 5 heteroatoms. The van der Waals surface area contributed by atoms with Crippen LogP contribution in [-0.4, -0.2) is 25.0 Å². The smallest absolute Gasteiger partial charge is 0.328 e. The molecular formula is C13H17NO3S. The average Bonchev–Trinajstić information content (AvgIpc) is 2.81. The van der Waals surface area contributed by atoms with Crippen LogP contribution in [0.2, 0.25) is 0 Å². The number of amides is 1. The first-order valence-electron chi connectivity index (χ1n) is 6.11. The minimum Gasteiger partial charge on any atom is -0.467 e. The third-order valence-electron chi connectivity index (χ3n) is 3.21. The van der Waals surface area contributed by atoms with Crippen LogP contribution < -0.4 is 5.32 Å². The molecule has 0 aromatic carbocycles. The van der Waals surface area contributed by atoms with E-state index in [9.17, 15) is 9.59 Å². The zero-order valence-electron chi connectivity index (χ0n) is 10.6. The van der Waals surface area contributed by atoms with Crippen molar-refractivity contribution in [3.63, 3.8) is 0 Å². The third-order valence-corrected chi connectivity index (χ3v) is 4.30. The van der Waals surface area contributed by atoms with Gasteiger partial charge in [0.2, 0.25) is 0 Å². The molecule has 0 saturated heterocycles. The average molecular weight is 267 g/mol. The fourth-order valence-electron chi connectivity index (χ4n) is 2.19. The van der Waals surface area contributed by atoms with Crippen molar-refractivity contribution in [1.82, 2.24) is 5.32 Å². The molecule has 1 amide bonds. The van der Waals surface area contributed by atoms with Crippen molar-refractivity contribution in [3.8, 4) is 0 Å². The zero-order valence-corrected chi connectivity index (χ0v) is 11.4. The lowest BCUT2D eigenvalue weighted by atomic mass is 9.95. The van der Waals surface area contributed by atoms with Crippen molar-refractivity contribution >= 4 is 23.2 Å². The largest absolute Gasteiger partial charge is 0.467 e. The number of nitrogens with one attached hydrogen (secondary N) is 1. The standard InChI is InChI=1S/C13H17NO3S/c1-8(13(16)17-2)14-12(15)10-7-18-11-6-4-3-5-9(10)11/h7-8H,3-6H2,1-2H3,(H,14,15). The monoisotopic (exact) mass is 267 g/mol. The molecule has 1 atom stereocenters. The molecule has 0 fully saturated rings. The van der Waals surface area contributed by atoms with E-state index in [1.54, 1.807) is 18.3 Å². The topological polar surface area (TPSA) is 55.4 Å². The summed E-state index contributed by atoms with van der Waals surface area (Å²) in [6, 6.07) is -0.610. The molecule has 2 rings (SSSR count). The van der Waals surface area contributed by atoms with E-state index in [-0.39, 0.29) is 5.91 Å². The van der Waals surface area contributed by atoms with Crippen molar-refractivity contribution in [2.75, 3.05) is 7.11 Å². The van der Waals surface area contributed by atoms with Crippen molar-refractivity contribution in [2.45, 2.75) is 38.6 Å². The van der Waals surface area contributed by atoms with Gasteiger partial charge in [0.05, 0.1) is 12.7 Å². The van der Waals surface area contributed by atoms with E-state index in [0.717, 1.165) is 24.8 Å². The first kappa shape index (κ1) is 13.1. The van der Waals surface area contributed by atoms with E-state index in [0.29, 0.717) is 0 Å². The van der Waals surface area contributed by atoms with Crippen LogP contribution in [0, 0.1) is 0 Å². The Morgan fingerprint density at radius 1 is 1.39 bits per heavy atom. The lowest BCUT2D eigenvalue weighted by molar-refractivity contribution is -0.142. The van der Waals surface area contributed by atoms with E-state index in [2.05, 4.69) is 10.1 Å². The van der Waals surface area contributed by atoms with Crippen LogP contribution in [0.3, 0.4) is 0 Å². The summed E-state index contributed by atoms with van der Waals surface area (Å²) in [6.07, 6.45) is 4.37. The maximum Gasteiger partial charge on any atom is 0.328 e. The predicted octanol–water partition coefficient (Wildman–Crippen LogP) is 1.92. The Bertz CT molecular complexity index is 467. The molecule has 1 unspecified atom stereocenters. The van der Waals surface area contributed by atoms with Gasteiger partial charge in [-0.05, 0) is 38.2 Å². The number of methoxy groups -OCH3 is 1. The summed E-state index contributed by atoms with van der Waals surface area (Å²) in [6.45, 7) is 1.63. The molecule has 1 aromatic rings. The van der Waals surface area contributed by atoms with E-state index >= 15 is 0 Å². The molecule has 98 valence electrons. The van der Waals surface area contributed by atoms with Gasteiger partial charge in [0.25, 0.3) is 5.91 Å². The first-order chi connectivity index (χ1) is 8.63. The number of carbonyl (C=O) groups is 2. The highest BCUT2D eigenvalue weighted by Gasteiger charge is 2.23. The second kappa shape index (κ2) is 5.52. The number of hydrogen-bond acceptors (Lipinski definition) is 4. The van der Waals surface area contributed by atoms with Crippen molar-refractivity contribution in [2.24, 2.45) is 0 Å². The Morgan fingerprint density at radius 3 is 2.83 bits per heavy atom. The van der Waals surface area contributed by atoms with Crippen LogP contribution in [0.1, 0.15) is 40.6 Å². The zero-order chi connectivity index (χ0) is 13.1. The Balaban J connectivity index is 2.10. The van der Waals surface area contributed by atoms with Crippen LogP contribution in [0.4, 0.5) is 0 Å². The Hall–Kier alpha value is -1.36.